The Kier molecular flexibility index (Phi) is 7.18. The van der Waals surface area contributed by atoms with E-state index in [0.717, 1.165) is 17.7 Å². The van der Waals surface area contributed by atoms with Gasteiger partial charge in [-0.15, -0.1) is 0 Å². The third kappa shape index (κ3) is 6.56. The van der Waals surface area contributed by atoms with Gasteiger partial charge in [0.2, 0.25) is 5.91 Å². The summed E-state index contributed by atoms with van der Waals surface area (Å²) in [6.07, 6.45) is 2.06. The van der Waals surface area contributed by atoms with Crippen molar-refractivity contribution in [2.75, 3.05) is 13.7 Å². The van der Waals surface area contributed by atoms with E-state index in [1.54, 1.807) is 38.3 Å². The standard InChI is InChI=1S/C15H18N2O5/c1-3-22-15(20)9-8-13(18)16-17-14(19)10-11-4-6-12(21-2)7-5-11/h4-9H,3,10H2,1-2H3,(H,16,18)(H,17,19)/b9-8-. The van der Waals surface area contributed by atoms with Gasteiger partial charge in [-0.1, -0.05) is 12.1 Å². The number of hydrazine groups is 1. The number of benzene rings is 1. The predicted octanol–water partition coefficient (Wildman–Crippen LogP) is 0.504. The highest BCUT2D eigenvalue weighted by Crippen LogP contribution is 2.11. The first kappa shape index (κ1) is 17.2. The Balaban J connectivity index is 2.35. The van der Waals surface area contributed by atoms with Gasteiger partial charge in [0.05, 0.1) is 20.1 Å². The van der Waals surface area contributed by atoms with Crippen LogP contribution in [0.4, 0.5) is 0 Å². The fourth-order valence-corrected chi connectivity index (χ4v) is 1.48. The number of ether oxygens (including phenoxy) is 2. The van der Waals surface area contributed by atoms with Crippen LogP contribution in [0.5, 0.6) is 5.75 Å². The van der Waals surface area contributed by atoms with Crippen molar-refractivity contribution in [3.63, 3.8) is 0 Å². The molecule has 0 bridgehead atoms. The van der Waals surface area contributed by atoms with Gasteiger partial charge in [0.15, 0.2) is 0 Å². The van der Waals surface area contributed by atoms with E-state index in [1.165, 1.54) is 0 Å². The third-order valence-corrected chi connectivity index (χ3v) is 2.51. The summed E-state index contributed by atoms with van der Waals surface area (Å²) in [5.74, 6) is -0.942. The van der Waals surface area contributed by atoms with Crippen LogP contribution in [-0.4, -0.2) is 31.5 Å². The van der Waals surface area contributed by atoms with E-state index >= 15 is 0 Å². The Morgan fingerprint density at radius 2 is 1.77 bits per heavy atom. The molecule has 0 atom stereocenters. The fraction of sp³-hybridized carbons (Fsp3) is 0.267. The number of methoxy groups -OCH3 is 1. The maximum atomic E-state index is 11.6. The number of hydrogen-bond donors (Lipinski definition) is 2. The van der Waals surface area contributed by atoms with Crippen molar-refractivity contribution in [1.82, 2.24) is 10.9 Å². The molecular formula is C15H18N2O5. The van der Waals surface area contributed by atoms with Gasteiger partial charge in [0.1, 0.15) is 5.75 Å². The SMILES string of the molecule is CCOC(=O)/C=C\C(=O)NNC(=O)Cc1ccc(OC)cc1. The minimum absolute atomic E-state index is 0.103. The van der Waals surface area contributed by atoms with Crippen molar-refractivity contribution < 1.29 is 23.9 Å². The number of rotatable bonds is 6. The molecule has 0 fully saturated rings. The van der Waals surface area contributed by atoms with E-state index in [4.69, 9.17) is 4.74 Å². The van der Waals surface area contributed by atoms with Crippen molar-refractivity contribution in [3.05, 3.63) is 42.0 Å². The van der Waals surface area contributed by atoms with Gasteiger partial charge in [0.25, 0.3) is 5.91 Å². The summed E-state index contributed by atoms with van der Waals surface area (Å²) in [6, 6.07) is 6.98. The van der Waals surface area contributed by atoms with E-state index in [1.807, 2.05) is 0 Å². The summed E-state index contributed by atoms with van der Waals surface area (Å²) in [7, 11) is 1.56. The minimum atomic E-state index is -0.629. The maximum Gasteiger partial charge on any atom is 0.330 e. The molecule has 0 aliphatic carbocycles. The lowest BCUT2D eigenvalue weighted by Gasteiger charge is -2.06. The summed E-state index contributed by atoms with van der Waals surface area (Å²) in [4.78, 5) is 34.0. The van der Waals surface area contributed by atoms with E-state index in [9.17, 15) is 14.4 Å². The van der Waals surface area contributed by atoms with Crippen LogP contribution in [-0.2, 0) is 25.5 Å². The van der Waals surface area contributed by atoms with Crippen molar-refractivity contribution >= 4 is 17.8 Å². The zero-order chi connectivity index (χ0) is 16.4. The highest BCUT2D eigenvalue weighted by atomic mass is 16.5. The molecule has 2 amide bonds. The smallest absolute Gasteiger partial charge is 0.330 e. The van der Waals surface area contributed by atoms with E-state index in [0.29, 0.717) is 5.75 Å². The van der Waals surface area contributed by atoms with Crippen molar-refractivity contribution in [1.29, 1.82) is 0 Å². The molecule has 118 valence electrons. The van der Waals surface area contributed by atoms with Gasteiger partial charge in [-0.2, -0.15) is 0 Å². The number of carbonyl (C=O) groups is 3. The predicted molar refractivity (Wildman–Crippen MR) is 78.8 cm³/mol. The average Bonchev–Trinajstić information content (AvgIpc) is 2.52. The van der Waals surface area contributed by atoms with Crippen LogP contribution >= 0.6 is 0 Å². The highest BCUT2D eigenvalue weighted by molar-refractivity contribution is 5.95. The Morgan fingerprint density at radius 1 is 1.09 bits per heavy atom. The van der Waals surface area contributed by atoms with Crippen LogP contribution in [0.25, 0.3) is 0 Å². The number of nitrogens with one attached hydrogen (secondary N) is 2. The summed E-state index contributed by atoms with van der Waals surface area (Å²) >= 11 is 0. The molecule has 0 radical (unpaired) electrons. The molecule has 22 heavy (non-hydrogen) atoms. The molecule has 0 saturated carbocycles. The molecule has 1 rings (SSSR count). The molecule has 7 heteroatoms. The average molecular weight is 306 g/mol. The quantitative estimate of drug-likeness (QED) is 0.453. The molecule has 0 heterocycles. The molecule has 7 nitrogen and oxygen atoms in total. The Bertz CT molecular complexity index is 552. The largest absolute Gasteiger partial charge is 0.497 e. The molecule has 0 saturated heterocycles. The molecule has 1 aromatic rings. The lowest BCUT2D eigenvalue weighted by atomic mass is 10.1. The second kappa shape index (κ2) is 9.17. The molecule has 0 aliphatic rings. The van der Waals surface area contributed by atoms with Crippen LogP contribution in [0.1, 0.15) is 12.5 Å². The minimum Gasteiger partial charge on any atom is -0.497 e. The summed E-state index contributed by atoms with van der Waals surface area (Å²) in [6.45, 7) is 1.88. The normalized spacial score (nSPS) is 10.1. The Hall–Kier alpha value is -2.83. The third-order valence-electron chi connectivity index (χ3n) is 2.51. The lowest BCUT2D eigenvalue weighted by Crippen LogP contribution is -2.41. The van der Waals surface area contributed by atoms with Crippen LogP contribution < -0.4 is 15.6 Å². The number of esters is 1. The first-order valence-corrected chi connectivity index (χ1v) is 6.61. The number of amides is 2. The van der Waals surface area contributed by atoms with Gasteiger partial charge in [0, 0.05) is 12.2 Å². The first-order chi connectivity index (χ1) is 10.5. The Labute approximate surface area is 128 Å². The molecule has 0 unspecified atom stereocenters. The van der Waals surface area contributed by atoms with Gasteiger partial charge in [-0.25, -0.2) is 4.79 Å². The monoisotopic (exact) mass is 306 g/mol. The first-order valence-electron chi connectivity index (χ1n) is 6.61. The van der Waals surface area contributed by atoms with E-state index in [2.05, 4.69) is 15.6 Å². The lowest BCUT2D eigenvalue weighted by molar-refractivity contribution is -0.137. The van der Waals surface area contributed by atoms with Crippen molar-refractivity contribution in [2.24, 2.45) is 0 Å². The number of hydrogen-bond acceptors (Lipinski definition) is 5. The topological polar surface area (TPSA) is 93.7 Å². The zero-order valence-electron chi connectivity index (χ0n) is 12.4. The molecule has 1 aromatic carbocycles. The molecular weight excluding hydrogens is 288 g/mol. The van der Waals surface area contributed by atoms with E-state index < -0.39 is 11.9 Å². The van der Waals surface area contributed by atoms with Gasteiger partial charge in [-0.3, -0.25) is 20.4 Å². The van der Waals surface area contributed by atoms with Crippen LogP contribution in [0.15, 0.2) is 36.4 Å². The summed E-state index contributed by atoms with van der Waals surface area (Å²) in [5.41, 5.74) is 5.18. The highest BCUT2D eigenvalue weighted by Gasteiger charge is 2.05. The summed E-state index contributed by atoms with van der Waals surface area (Å²) < 4.78 is 9.63. The molecule has 2 N–H and O–H groups in total. The molecule has 0 aromatic heterocycles. The molecule has 0 spiro atoms. The van der Waals surface area contributed by atoms with Gasteiger partial charge >= 0.3 is 5.97 Å². The number of carbonyl (C=O) groups excluding carboxylic acids is 3. The van der Waals surface area contributed by atoms with Crippen LogP contribution in [0.2, 0.25) is 0 Å². The maximum absolute atomic E-state index is 11.6. The van der Waals surface area contributed by atoms with Crippen LogP contribution in [0, 0.1) is 0 Å². The Morgan fingerprint density at radius 3 is 2.36 bits per heavy atom. The van der Waals surface area contributed by atoms with Crippen molar-refractivity contribution in [3.8, 4) is 5.75 Å². The van der Waals surface area contributed by atoms with Gasteiger partial charge in [-0.05, 0) is 24.6 Å². The second-order valence-electron chi connectivity index (χ2n) is 4.15. The zero-order valence-corrected chi connectivity index (χ0v) is 12.4. The second-order valence-corrected chi connectivity index (χ2v) is 4.15. The van der Waals surface area contributed by atoms with Crippen LogP contribution in [0.3, 0.4) is 0 Å². The summed E-state index contributed by atoms with van der Waals surface area (Å²) in [5, 5.41) is 0. The van der Waals surface area contributed by atoms with Gasteiger partial charge < -0.3 is 9.47 Å². The van der Waals surface area contributed by atoms with Crippen molar-refractivity contribution in [2.45, 2.75) is 13.3 Å². The molecule has 0 aliphatic heterocycles. The van der Waals surface area contributed by atoms with E-state index in [-0.39, 0.29) is 18.9 Å². The fourth-order valence-electron chi connectivity index (χ4n) is 1.48.